The number of hydrogen-bond donors (Lipinski definition) is 0. The summed E-state index contributed by atoms with van der Waals surface area (Å²) in [5.41, 5.74) is -0.0907. The number of hydrogen-bond acceptors (Lipinski definition) is 4. The minimum Gasteiger partial charge on any atom is -0.369 e. The molecule has 1 aromatic heterocycles. The summed E-state index contributed by atoms with van der Waals surface area (Å²) in [5, 5.41) is 0. The SMILES string of the molecule is CN(C)/C=N\c1cc(-c2ncc(C(F)F)cn2)c(F)cc1C=O. The van der Waals surface area contributed by atoms with Gasteiger partial charge in [-0.2, -0.15) is 0 Å². The summed E-state index contributed by atoms with van der Waals surface area (Å²) in [6, 6.07) is 2.31. The van der Waals surface area contributed by atoms with Gasteiger partial charge in [-0.25, -0.2) is 28.1 Å². The molecular weight excluding hydrogens is 309 g/mol. The van der Waals surface area contributed by atoms with E-state index in [9.17, 15) is 18.0 Å². The predicted molar refractivity (Wildman–Crippen MR) is 79.6 cm³/mol. The van der Waals surface area contributed by atoms with E-state index in [0.29, 0.717) is 6.29 Å². The van der Waals surface area contributed by atoms with Crippen molar-refractivity contribution in [2.45, 2.75) is 6.43 Å². The number of halogens is 3. The van der Waals surface area contributed by atoms with Crippen molar-refractivity contribution in [3.05, 3.63) is 41.5 Å². The van der Waals surface area contributed by atoms with Crippen molar-refractivity contribution in [3.8, 4) is 11.4 Å². The van der Waals surface area contributed by atoms with Gasteiger partial charge < -0.3 is 4.90 Å². The van der Waals surface area contributed by atoms with E-state index in [4.69, 9.17) is 0 Å². The second-order valence-electron chi connectivity index (χ2n) is 4.86. The second-order valence-corrected chi connectivity index (χ2v) is 4.86. The third kappa shape index (κ3) is 3.91. The van der Waals surface area contributed by atoms with Crippen LogP contribution in [0.2, 0.25) is 0 Å². The van der Waals surface area contributed by atoms with Gasteiger partial charge in [0.2, 0.25) is 0 Å². The average Bonchev–Trinajstić information content (AvgIpc) is 2.53. The topological polar surface area (TPSA) is 58.5 Å². The van der Waals surface area contributed by atoms with Crippen LogP contribution in [-0.2, 0) is 0 Å². The fraction of sp³-hybridized carbons (Fsp3) is 0.200. The Balaban J connectivity index is 2.49. The van der Waals surface area contributed by atoms with Gasteiger partial charge in [0.1, 0.15) is 5.82 Å². The highest BCUT2D eigenvalue weighted by molar-refractivity contribution is 5.86. The number of benzene rings is 1. The molecule has 0 saturated heterocycles. The Kier molecular flexibility index (Phi) is 5.05. The van der Waals surface area contributed by atoms with E-state index in [0.717, 1.165) is 18.5 Å². The maximum Gasteiger partial charge on any atom is 0.266 e. The van der Waals surface area contributed by atoms with E-state index in [1.54, 1.807) is 19.0 Å². The van der Waals surface area contributed by atoms with Gasteiger partial charge >= 0.3 is 0 Å². The summed E-state index contributed by atoms with van der Waals surface area (Å²) < 4.78 is 39.1. The van der Waals surface area contributed by atoms with Gasteiger partial charge in [0.15, 0.2) is 12.1 Å². The first-order chi connectivity index (χ1) is 10.9. The number of alkyl halides is 2. The third-order valence-electron chi connectivity index (χ3n) is 2.84. The molecule has 0 spiro atoms. The van der Waals surface area contributed by atoms with E-state index < -0.39 is 12.2 Å². The molecule has 0 radical (unpaired) electrons. The molecule has 2 aromatic rings. The van der Waals surface area contributed by atoms with Crippen molar-refractivity contribution < 1.29 is 18.0 Å². The van der Waals surface area contributed by atoms with Gasteiger partial charge in [0, 0.05) is 32.1 Å². The normalized spacial score (nSPS) is 11.2. The van der Waals surface area contributed by atoms with Crippen molar-refractivity contribution in [3.63, 3.8) is 0 Å². The van der Waals surface area contributed by atoms with Crippen molar-refractivity contribution in [2.24, 2.45) is 4.99 Å². The lowest BCUT2D eigenvalue weighted by atomic mass is 10.1. The number of rotatable bonds is 5. The zero-order valence-corrected chi connectivity index (χ0v) is 12.4. The van der Waals surface area contributed by atoms with Crippen LogP contribution in [0.4, 0.5) is 18.9 Å². The summed E-state index contributed by atoms with van der Waals surface area (Å²) in [6.07, 6.45) is 1.10. The van der Waals surface area contributed by atoms with Crippen LogP contribution < -0.4 is 0 Å². The highest BCUT2D eigenvalue weighted by Gasteiger charge is 2.14. The molecule has 5 nitrogen and oxygen atoms in total. The molecule has 8 heteroatoms. The van der Waals surface area contributed by atoms with Gasteiger partial charge in [-0.3, -0.25) is 4.79 Å². The van der Waals surface area contributed by atoms with Gasteiger partial charge in [0.25, 0.3) is 6.43 Å². The quantitative estimate of drug-likeness (QED) is 0.482. The van der Waals surface area contributed by atoms with Crippen molar-refractivity contribution in [1.29, 1.82) is 0 Å². The summed E-state index contributed by atoms with van der Waals surface area (Å²) >= 11 is 0. The first-order valence-electron chi connectivity index (χ1n) is 6.52. The maximum absolute atomic E-state index is 14.1. The van der Waals surface area contributed by atoms with E-state index in [2.05, 4.69) is 15.0 Å². The Morgan fingerprint density at radius 2 is 1.87 bits per heavy atom. The highest BCUT2D eigenvalue weighted by atomic mass is 19.3. The zero-order chi connectivity index (χ0) is 17.0. The molecule has 0 amide bonds. The Morgan fingerprint density at radius 1 is 1.22 bits per heavy atom. The number of nitrogens with zero attached hydrogens (tertiary/aromatic N) is 4. The number of carbonyl (C=O) groups excluding carboxylic acids is 1. The monoisotopic (exact) mass is 322 g/mol. The lowest BCUT2D eigenvalue weighted by Gasteiger charge is -2.08. The first kappa shape index (κ1) is 16.6. The molecular formula is C15H13F3N4O. The first-order valence-corrected chi connectivity index (χ1v) is 6.52. The smallest absolute Gasteiger partial charge is 0.266 e. The number of carbonyl (C=O) groups is 1. The molecule has 2 rings (SSSR count). The summed E-state index contributed by atoms with van der Waals surface area (Å²) in [5.74, 6) is -0.800. The molecule has 0 atom stereocenters. The maximum atomic E-state index is 14.1. The summed E-state index contributed by atoms with van der Waals surface area (Å²) in [4.78, 5) is 24.2. The lowest BCUT2D eigenvalue weighted by Crippen LogP contribution is -2.07. The predicted octanol–water partition coefficient (Wildman–Crippen LogP) is 3.25. The third-order valence-corrected chi connectivity index (χ3v) is 2.84. The Bertz CT molecular complexity index is 730. The number of aromatic nitrogens is 2. The standard InChI is InChI=1S/C15H13F3N4O/c1-22(2)8-21-13-4-11(12(16)3-9(13)7-23)15-19-5-10(6-20-15)14(17)18/h3-8,14H,1-2H3/b21-8-. The van der Waals surface area contributed by atoms with Gasteiger partial charge in [-0.05, 0) is 12.1 Å². The van der Waals surface area contributed by atoms with Crippen LogP contribution in [0.15, 0.2) is 29.5 Å². The molecule has 0 aliphatic heterocycles. The molecule has 0 fully saturated rings. The van der Waals surface area contributed by atoms with Crippen LogP contribution in [0.25, 0.3) is 11.4 Å². The van der Waals surface area contributed by atoms with E-state index in [1.165, 1.54) is 12.4 Å². The van der Waals surface area contributed by atoms with Gasteiger partial charge in [-0.1, -0.05) is 0 Å². The molecule has 0 aliphatic rings. The molecule has 0 aliphatic carbocycles. The zero-order valence-electron chi connectivity index (χ0n) is 12.4. The molecule has 1 heterocycles. The molecule has 23 heavy (non-hydrogen) atoms. The highest BCUT2D eigenvalue weighted by Crippen LogP contribution is 2.28. The van der Waals surface area contributed by atoms with Crippen LogP contribution >= 0.6 is 0 Å². The fourth-order valence-electron chi connectivity index (χ4n) is 1.72. The Hall–Kier alpha value is -2.77. The van der Waals surface area contributed by atoms with Crippen LogP contribution in [0.3, 0.4) is 0 Å². The summed E-state index contributed by atoms with van der Waals surface area (Å²) in [6.45, 7) is 0. The molecule has 120 valence electrons. The molecule has 0 unspecified atom stereocenters. The van der Waals surface area contributed by atoms with Crippen molar-refractivity contribution in [2.75, 3.05) is 14.1 Å². The van der Waals surface area contributed by atoms with E-state index >= 15 is 0 Å². The average molecular weight is 322 g/mol. The van der Waals surface area contributed by atoms with Crippen molar-refractivity contribution >= 4 is 18.3 Å². The lowest BCUT2D eigenvalue weighted by molar-refractivity contribution is 0.112. The van der Waals surface area contributed by atoms with E-state index in [1.807, 2.05) is 0 Å². The van der Waals surface area contributed by atoms with Crippen LogP contribution in [-0.4, -0.2) is 41.6 Å². The molecule has 0 bridgehead atoms. The number of aldehydes is 1. The molecule has 0 saturated carbocycles. The van der Waals surface area contributed by atoms with Gasteiger partial charge in [-0.15, -0.1) is 0 Å². The molecule has 0 N–H and O–H groups in total. The minimum absolute atomic E-state index is 0.0256. The second kappa shape index (κ2) is 6.99. The Morgan fingerprint density at radius 3 is 2.39 bits per heavy atom. The fourth-order valence-corrected chi connectivity index (χ4v) is 1.72. The van der Waals surface area contributed by atoms with Crippen LogP contribution in [0, 0.1) is 5.82 Å². The van der Waals surface area contributed by atoms with Crippen LogP contribution in [0.5, 0.6) is 0 Å². The van der Waals surface area contributed by atoms with Gasteiger partial charge in [0.05, 0.1) is 23.2 Å². The largest absolute Gasteiger partial charge is 0.369 e. The molecule has 1 aromatic carbocycles. The Labute approximate surface area is 130 Å². The van der Waals surface area contributed by atoms with Crippen LogP contribution in [0.1, 0.15) is 22.3 Å². The summed E-state index contributed by atoms with van der Waals surface area (Å²) in [7, 11) is 3.47. The van der Waals surface area contributed by atoms with Crippen molar-refractivity contribution in [1.82, 2.24) is 14.9 Å². The van der Waals surface area contributed by atoms with E-state index in [-0.39, 0.29) is 28.2 Å². The minimum atomic E-state index is -2.70. The number of aliphatic imine (C=N–C) groups is 1.